The maximum absolute atomic E-state index is 4.04. The molecule has 0 aliphatic rings. The summed E-state index contributed by atoms with van der Waals surface area (Å²) in [6, 6.07) is 2.58. The van der Waals surface area contributed by atoms with Gasteiger partial charge in [-0.3, -0.25) is 0 Å². The zero-order chi connectivity index (χ0) is 10.6. The van der Waals surface area contributed by atoms with Crippen LogP contribution >= 0.6 is 27.3 Å². The van der Waals surface area contributed by atoms with Crippen LogP contribution in [0, 0.1) is 0 Å². The first-order chi connectivity index (χ1) is 6.67. The maximum Gasteiger partial charge on any atom is 0.0701 e. The highest BCUT2D eigenvalue weighted by Crippen LogP contribution is 2.28. The van der Waals surface area contributed by atoms with E-state index >= 15 is 0 Å². The lowest BCUT2D eigenvalue weighted by atomic mass is 10.0. The first-order valence-corrected chi connectivity index (χ1v) is 6.42. The van der Waals surface area contributed by atoms with Crippen molar-refractivity contribution in [1.29, 1.82) is 0 Å². The molecular weight excluding hydrogens is 258 g/mol. The summed E-state index contributed by atoms with van der Waals surface area (Å²) in [7, 11) is 2.00. The van der Waals surface area contributed by atoms with E-state index in [2.05, 4.69) is 46.2 Å². The summed E-state index contributed by atoms with van der Waals surface area (Å²) in [5.41, 5.74) is 2.64. The molecule has 0 radical (unpaired) electrons. The van der Waals surface area contributed by atoms with E-state index in [1.165, 1.54) is 14.9 Å². The normalized spacial score (nSPS) is 12.8. The van der Waals surface area contributed by atoms with Crippen LogP contribution in [0.25, 0.3) is 0 Å². The van der Waals surface area contributed by atoms with Gasteiger partial charge in [0.05, 0.1) is 3.79 Å². The van der Waals surface area contributed by atoms with Crippen molar-refractivity contribution in [3.63, 3.8) is 0 Å². The smallest absolute Gasteiger partial charge is 0.0701 e. The summed E-state index contributed by atoms with van der Waals surface area (Å²) in [4.78, 5) is 0. The van der Waals surface area contributed by atoms with Gasteiger partial charge >= 0.3 is 0 Å². The number of thiophene rings is 1. The van der Waals surface area contributed by atoms with E-state index in [9.17, 15) is 0 Å². The van der Waals surface area contributed by atoms with Crippen molar-refractivity contribution in [3.8, 4) is 0 Å². The van der Waals surface area contributed by atoms with Gasteiger partial charge in [-0.15, -0.1) is 11.3 Å². The highest BCUT2D eigenvalue weighted by Gasteiger charge is 2.11. The average molecular weight is 274 g/mol. The molecule has 1 atom stereocenters. The standard InChI is InChI=1S/C11H16BrNS/c1-4-8(2)5-10(13-3)9-6-11(12)14-7-9/h6-7,10,13H,2,4-5H2,1,3H3. The Morgan fingerprint density at radius 1 is 1.71 bits per heavy atom. The van der Waals surface area contributed by atoms with Gasteiger partial charge in [-0.25, -0.2) is 0 Å². The van der Waals surface area contributed by atoms with Crippen molar-refractivity contribution >= 4 is 27.3 Å². The number of hydrogen-bond acceptors (Lipinski definition) is 2. The molecule has 0 aromatic carbocycles. The van der Waals surface area contributed by atoms with Crippen LogP contribution in [0.4, 0.5) is 0 Å². The minimum absolute atomic E-state index is 0.407. The molecule has 1 aromatic heterocycles. The van der Waals surface area contributed by atoms with Gasteiger partial charge in [0.2, 0.25) is 0 Å². The van der Waals surface area contributed by atoms with Crippen LogP contribution in [0.2, 0.25) is 0 Å². The molecule has 0 bridgehead atoms. The monoisotopic (exact) mass is 273 g/mol. The first kappa shape index (κ1) is 12.0. The number of hydrogen-bond donors (Lipinski definition) is 1. The Morgan fingerprint density at radius 3 is 2.86 bits per heavy atom. The summed E-state index contributed by atoms with van der Waals surface area (Å²) in [5, 5.41) is 5.51. The van der Waals surface area contributed by atoms with Gasteiger partial charge < -0.3 is 5.32 Å². The first-order valence-electron chi connectivity index (χ1n) is 4.75. The van der Waals surface area contributed by atoms with E-state index in [1.807, 2.05) is 7.05 Å². The van der Waals surface area contributed by atoms with Crippen LogP contribution in [-0.4, -0.2) is 7.05 Å². The molecule has 1 unspecified atom stereocenters. The van der Waals surface area contributed by atoms with Crippen LogP contribution in [0.15, 0.2) is 27.4 Å². The molecule has 0 amide bonds. The quantitative estimate of drug-likeness (QED) is 0.796. The van der Waals surface area contributed by atoms with Crippen LogP contribution in [0.3, 0.4) is 0 Å². The fraction of sp³-hybridized carbons (Fsp3) is 0.455. The average Bonchev–Trinajstić information content (AvgIpc) is 2.60. The van der Waals surface area contributed by atoms with Crippen LogP contribution < -0.4 is 5.32 Å². The van der Waals surface area contributed by atoms with Gasteiger partial charge in [-0.1, -0.05) is 19.1 Å². The Hall–Kier alpha value is -0.120. The van der Waals surface area contributed by atoms with E-state index in [-0.39, 0.29) is 0 Å². The van der Waals surface area contributed by atoms with Crippen LogP contribution in [0.5, 0.6) is 0 Å². The summed E-state index contributed by atoms with van der Waals surface area (Å²) in [6.07, 6.45) is 2.08. The summed E-state index contributed by atoms with van der Waals surface area (Å²) >= 11 is 5.21. The van der Waals surface area contributed by atoms with Gasteiger partial charge in [-0.05, 0) is 52.8 Å². The third kappa shape index (κ3) is 3.23. The molecule has 1 N–H and O–H groups in total. The SMILES string of the molecule is C=C(CC)CC(NC)c1csc(Br)c1. The molecule has 1 nitrogen and oxygen atoms in total. The van der Waals surface area contributed by atoms with E-state index in [1.54, 1.807) is 11.3 Å². The van der Waals surface area contributed by atoms with Gasteiger partial charge in [0.25, 0.3) is 0 Å². The molecule has 1 heterocycles. The second kappa shape index (κ2) is 5.69. The van der Waals surface area contributed by atoms with Crippen molar-refractivity contribution < 1.29 is 0 Å². The summed E-state index contributed by atoms with van der Waals surface area (Å²) < 4.78 is 1.19. The molecule has 0 saturated heterocycles. The van der Waals surface area contributed by atoms with Crippen LogP contribution in [0.1, 0.15) is 31.4 Å². The molecule has 0 aliphatic heterocycles. The van der Waals surface area contributed by atoms with E-state index < -0.39 is 0 Å². The second-order valence-corrected chi connectivity index (χ2v) is 5.62. The zero-order valence-electron chi connectivity index (χ0n) is 8.64. The highest BCUT2D eigenvalue weighted by molar-refractivity contribution is 9.11. The van der Waals surface area contributed by atoms with Crippen LogP contribution in [-0.2, 0) is 0 Å². The van der Waals surface area contributed by atoms with Gasteiger partial charge in [0.1, 0.15) is 0 Å². The lowest BCUT2D eigenvalue weighted by Gasteiger charge is -2.15. The topological polar surface area (TPSA) is 12.0 Å². The lowest BCUT2D eigenvalue weighted by molar-refractivity contribution is 0.584. The number of nitrogens with one attached hydrogen (secondary N) is 1. The number of rotatable bonds is 5. The van der Waals surface area contributed by atoms with Crippen molar-refractivity contribution in [3.05, 3.63) is 32.9 Å². The highest BCUT2D eigenvalue weighted by atomic mass is 79.9. The van der Waals surface area contributed by atoms with Crippen molar-refractivity contribution in [2.75, 3.05) is 7.05 Å². The van der Waals surface area contributed by atoms with Crippen molar-refractivity contribution in [1.82, 2.24) is 5.32 Å². The van der Waals surface area contributed by atoms with Gasteiger partial charge in [0.15, 0.2) is 0 Å². The van der Waals surface area contributed by atoms with Crippen molar-refractivity contribution in [2.24, 2.45) is 0 Å². The predicted molar refractivity (Wildman–Crippen MR) is 67.9 cm³/mol. The molecule has 1 aromatic rings. The Bertz CT molecular complexity index is 306. The van der Waals surface area contributed by atoms with E-state index in [0.29, 0.717) is 6.04 Å². The molecule has 0 aliphatic carbocycles. The maximum atomic E-state index is 4.04. The molecule has 0 saturated carbocycles. The summed E-state index contributed by atoms with van der Waals surface area (Å²) in [6.45, 7) is 6.20. The molecule has 78 valence electrons. The Balaban J connectivity index is 2.67. The third-order valence-corrected chi connectivity index (χ3v) is 3.85. The molecule has 3 heteroatoms. The minimum atomic E-state index is 0.407. The predicted octanol–water partition coefficient (Wildman–Crippen LogP) is 4.13. The fourth-order valence-corrected chi connectivity index (χ4v) is 2.56. The molecule has 0 spiro atoms. The Labute approximate surface area is 98.4 Å². The number of halogens is 1. The molecule has 0 fully saturated rings. The summed E-state index contributed by atoms with van der Waals surface area (Å²) in [5.74, 6) is 0. The second-order valence-electron chi connectivity index (χ2n) is 3.33. The molecule has 1 rings (SSSR count). The third-order valence-electron chi connectivity index (χ3n) is 2.33. The van der Waals surface area contributed by atoms with Gasteiger partial charge in [-0.2, -0.15) is 0 Å². The van der Waals surface area contributed by atoms with E-state index in [0.717, 1.165) is 12.8 Å². The zero-order valence-corrected chi connectivity index (χ0v) is 11.0. The Kier molecular flexibility index (Phi) is 4.85. The minimum Gasteiger partial charge on any atom is -0.313 e. The van der Waals surface area contributed by atoms with Crippen molar-refractivity contribution in [2.45, 2.75) is 25.8 Å². The van der Waals surface area contributed by atoms with E-state index in [4.69, 9.17) is 0 Å². The molecular formula is C11H16BrNS. The fourth-order valence-electron chi connectivity index (χ4n) is 1.33. The lowest BCUT2D eigenvalue weighted by Crippen LogP contribution is -2.16. The largest absolute Gasteiger partial charge is 0.313 e. The Morgan fingerprint density at radius 2 is 2.43 bits per heavy atom. The molecule has 14 heavy (non-hydrogen) atoms. The van der Waals surface area contributed by atoms with Gasteiger partial charge in [0, 0.05) is 6.04 Å².